The van der Waals surface area contributed by atoms with Gasteiger partial charge in [0.25, 0.3) is 0 Å². The van der Waals surface area contributed by atoms with Crippen LogP contribution in [-0.4, -0.2) is 33.4 Å². The molecule has 1 heterocycles. The zero-order valence-electron chi connectivity index (χ0n) is 12.4. The number of nitrogens with zero attached hydrogens (tertiary/aromatic N) is 1. The van der Waals surface area contributed by atoms with Crippen LogP contribution in [-0.2, 0) is 11.3 Å². The lowest BCUT2D eigenvalue weighted by atomic mass is 9.93. The maximum absolute atomic E-state index is 5.56. The molecule has 1 N–H and O–H groups in total. The van der Waals surface area contributed by atoms with Crippen LogP contribution in [0.25, 0.3) is 0 Å². The zero-order valence-corrected chi connectivity index (χ0v) is 12.4. The van der Waals surface area contributed by atoms with Crippen LogP contribution in [0.2, 0.25) is 0 Å². The fourth-order valence-electron chi connectivity index (χ4n) is 2.66. The van der Waals surface area contributed by atoms with E-state index in [0.717, 1.165) is 26.2 Å². The number of nitrogens with one attached hydrogen (secondary N) is 1. The molecule has 0 amide bonds. The third-order valence-electron chi connectivity index (χ3n) is 3.99. The van der Waals surface area contributed by atoms with Gasteiger partial charge in [0.05, 0.1) is 6.61 Å². The minimum atomic E-state index is 0.599. The summed E-state index contributed by atoms with van der Waals surface area (Å²) in [6.07, 6.45) is 2.32. The van der Waals surface area contributed by atoms with Crippen molar-refractivity contribution in [3.05, 3.63) is 29.8 Å². The summed E-state index contributed by atoms with van der Waals surface area (Å²) >= 11 is 0. The van der Waals surface area contributed by atoms with Gasteiger partial charge in [0.2, 0.25) is 0 Å². The van der Waals surface area contributed by atoms with E-state index in [9.17, 15) is 0 Å². The van der Waals surface area contributed by atoms with E-state index in [4.69, 9.17) is 4.74 Å². The smallest absolute Gasteiger partial charge is 0.0509 e. The highest BCUT2D eigenvalue weighted by atomic mass is 16.5. The normalized spacial score (nSPS) is 23.3. The summed E-state index contributed by atoms with van der Waals surface area (Å²) in [5.41, 5.74) is 2.62. The summed E-state index contributed by atoms with van der Waals surface area (Å²) in [6.45, 7) is 5.00. The standard InChI is InChI=1S/C16H26N2O/c1-4-14-12-19-9-8-16(14)17-11-13-6-5-7-15(10-13)18(2)3/h5-7,10,14,16-17H,4,8-9,11-12H2,1-3H3. The number of hydrogen-bond donors (Lipinski definition) is 1. The molecule has 0 spiro atoms. The first-order chi connectivity index (χ1) is 9.20. The Bertz CT molecular complexity index is 392. The van der Waals surface area contributed by atoms with Gasteiger partial charge in [-0.2, -0.15) is 0 Å². The highest BCUT2D eigenvalue weighted by Crippen LogP contribution is 2.19. The van der Waals surface area contributed by atoms with Gasteiger partial charge in [-0.3, -0.25) is 0 Å². The van der Waals surface area contributed by atoms with Crippen LogP contribution in [0.5, 0.6) is 0 Å². The molecule has 1 fully saturated rings. The van der Waals surface area contributed by atoms with E-state index in [-0.39, 0.29) is 0 Å². The van der Waals surface area contributed by atoms with Gasteiger partial charge in [0.1, 0.15) is 0 Å². The van der Waals surface area contributed by atoms with Crippen LogP contribution in [0, 0.1) is 5.92 Å². The van der Waals surface area contributed by atoms with Crippen LogP contribution < -0.4 is 10.2 Å². The minimum absolute atomic E-state index is 0.599. The van der Waals surface area contributed by atoms with Crippen molar-refractivity contribution in [2.45, 2.75) is 32.4 Å². The van der Waals surface area contributed by atoms with E-state index in [1.165, 1.54) is 17.7 Å². The van der Waals surface area contributed by atoms with Gasteiger partial charge >= 0.3 is 0 Å². The average molecular weight is 262 g/mol. The molecule has 1 aromatic carbocycles. The Hall–Kier alpha value is -1.06. The van der Waals surface area contributed by atoms with E-state index in [0.29, 0.717) is 12.0 Å². The van der Waals surface area contributed by atoms with Gasteiger partial charge in [-0.05, 0) is 36.5 Å². The third-order valence-corrected chi connectivity index (χ3v) is 3.99. The molecular weight excluding hydrogens is 236 g/mol. The summed E-state index contributed by atoms with van der Waals surface area (Å²) in [6, 6.07) is 9.33. The fraction of sp³-hybridized carbons (Fsp3) is 0.625. The Labute approximate surface area is 116 Å². The molecule has 3 heteroatoms. The molecule has 2 unspecified atom stereocenters. The lowest BCUT2D eigenvalue weighted by Gasteiger charge is -2.31. The molecule has 19 heavy (non-hydrogen) atoms. The largest absolute Gasteiger partial charge is 0.381 e. The van der Waals surface area contributed by atoms with Crippen molar-refractivity contribution in [1.29, 1.82) is 0 Å². The van der Waals surface area contributed by atoms with Gasteiger partial charge in [-0.15, -0.1) is 0 Å². The molecule has 2 rings (SSSR count). The number of rotatable bonds is 5. The second kappa shape index (κ2) is 6.92. The van der Waals surface area contributed by atoms with Crippen molar-refractivity contribution in [2.75, 3.05) is 32.2 Å². The molecular formula is C16H26N2O. The SMILES string of the molecule is CCC1COCCC1NCc1cccc(N(C)C)c1. The first kappa shape index (κ1) is 14.4. The predicted octanol–water partition coefficient (Wildman–Crippen LogP) is 2.66. The molecule has 0 aromatic heterocycles. The molecule has 106 valence electrons. The summed E-state index contributed by atoms with van der Waals surface area (Å²) in [5.74, 6) is 0.658. The molecule has 0 aliphatic carbocycles. The zero-order chi connectivity index (χ0) is 13.7. The Morgan fingerprint density at radius 2 is 2.21 bits per heavy atom. The van der Waals surface area contributed by atoms with E-state index < -0.39 is 0 Å². The Morgan fingerprint density at radius 3 is 2.95 bits per heavy atom. The van der Waals surface area contributed by atoms with Gasteiger partial charge in [0, 0.05) is 39.0 Å². The summed E-state index contributed by atoms with van der Waals surface area (Å²) < 4.78 is 5.56. The Kier molecular flexibility index (Phi) is 5.23. The third kappa shape index (κ3) is 3.95. The minimum Gasteiger partial charge on any atom is -0.381 e. The molecule has 1 saturated heterocycles. The maximum atomic E-state index is 5.56. The molecule has 2 atom stereocenters. The van der Waals surface area contributed by atoms with E-state index in [1.54, 1.807) is 0 Å². The number of benzene rings is 1. The topological polar surface area (TPSA) is 24.5 Å². The highest BCUT2D eigenvalue weighted by Gasteiger charge is 2.23. The molecule has 1 aromatic rings. The van der Waals surface area contributed by atoms with Crippen molar-refractivity contribution in [1.82, 2.24) is 5.32 Å². The van der Waals surface area contributed by atoms with Crippen molar-refractivity contribution in [2.24, 2.45) is 5.92 Å². The number of anilines is 1. The van der Waals surface area contributed by atoms with Gasteiger partial charge < -0.3 is 15.0 Å². The van der Waals surface area contributed by atoms with Crippen LogP contribution in [0.15, 0.2) is 24.3 Å². The number of hydrogen-bond acceptors (Lipinski definition) is 3. The monoisotopic (exact) mass is 262 g/mol. The fourth-order valence-corrected chi connectivity index (χ4v) is 2.66. The summed E-state index contributed by atoms with van der Waals surface area (Å²) in [4.78, 5) is 2.15. The molecule has 3 nitrogen and oxygen atoms in total. The lowest BCUT2D eigenvalue weighted by molar-refractivity contribution is 0.0301. The summed E-state index contributed by atoms with van der Waals surface area (Å²) in [5, 5.41) is 3.71. The first-order valence-electron chi connectivity index (χ1n) is 7.28. The second-order valence-corrected chi connectivity index (χ2v) is 5.58. The summed E-state index contributed by atoms with van der Waals surface area (Å²) in [7, 11) is 4.16. The van der Waals surface area contributed by atoms with Crippen molar-refractivity contribution in [3.63, 3.8) is 0 Å². The Balaban J connectivity index is 1.92. The highest BCUT2D eigenvalue weighted by molar-refractivity contribution is 5.47. The van der Waals surface area contributed by atoms with E-state index in [2.05, 4.69) is 55.5 Å². The lowest BCUT2D eigenvalue weighted by Crippen LogP contribution is -2.42. The Morgan fingerprint density at radius 1 is 1.37 bits per heavy atom. The molecule has 0 bridgehead atoms. The van der Waals surface area contributed by atoms with Gasteiger partial charge in [0.15, 0.2) is 0 Å². The first-order valence-corrected chi connectivity index (χ1v) is 7.28. The van der Waals surface area contributed by atoms with Crippen molar-refractivity contribution >= 4 is 5.69 Å². The van der Waals surface area contributed by atoms with Crippen molar-refractivity contribution in [3.8, 4) is 0 Å². The molecule has 0 radical (unpaired) electrons. The van der Waals surface area contributed by atoms with Crippen LogP contribution in [0.3, 0.4) is 0 Å². The average Bonchev–Trinajstić information content (AvgIpc) is 2.45. The van der Waals surface area contributed by atoms with Crippen molar-refractivity contribution < 1.29 is 4.74 Å². The number of ether oxygens (including phenoxy) is 1. The molecule has 0 saturated carbocycles. The van der Waals surface area contributed by atoms with Gasteiger partial charge in [-0.1, -0.05) is 19.1 Å². The van der Waals surface area contributed by atoms with Crippen LogP contribution in [0.4, 0.5) is 5.69 Å². The molecule has 1 aliphatic heterocycles. The van der Waals surface area contributed by atoms with E-state index in [1.807, 2.05) is 0 Å². The second-order valence-electron chi connectivity index (χ2n) is 5.58. The predicted molar refractivity (Wildman–Crippen MR) is 80.6 cm³/mol. The van der Waals surface area contributed by atoms with Gasteiger partial charge in [-0.25, -0.2) is 0 Å². The molecule has 1 aliphatic rings. The van der Waals surface area contributed by atoms with E-state index >= 15 is 0 Å². The quantitative estimate of drug-likeness (QED) is 0.883. The maximum Gasteiger partial charge on any atom is 0.0509 e. The van der Waals surface area contributed by atoms with Crippen LogP contribution in [0.1, 0.15) is 25.3 Å². The van der Waals surface area contributed by atoms with Crippen LogP contribution >= 0.6 is 0 Å².